The van der Waals surface area contributed by atoms with Gasteiger partial charge in [0.15, 0.2) is 0 Å². The first-order valence-corrected chi connectivity index (χ1v) is 5.11. The lowest BCUT2D eigenvalue weighted by atomic mass is 10.2. The van der Waals surface area contributed by atoms with E-state index < -0.39 is 49.3 Å². The van der Waals surface area contributed by atoms with Crippen molar-refractivity contribution in [3.8, 4) is 0 Å². The molecule has 0 aromatic rings. The second-order valence-corrected chi connectivity index (χ2v) is 3.82. The maximum atomic E-state index is 12.8. The lowest BCUT2D eigenvalue weighted by Gasteiger charge is -2.13. The van der Waals surface area contributed by atoms with E-state index in [0.717, 1.165) is 6.92 Å². The van der Waals surface area contributed by atoms with E-state index in [1.807, 2.05) is 0 Å². The fourth-order valence-corrected chi connectivity index (χ4v) is 1.05. The number of allylic oxidation sites excluding steroid dienone is 1. The second kappa shape index (κ2) is 6.89. The van der Waals surface area contributed by atoms with Crippen molar-refractivity contribution < 1.29 is 44.7 Å². The minimum Gasteiger partial charge on any atom is -0.427 e. The van der Waals surface area contributed by atoms with E-state index in [9.17, 15) is 39.9 Å². The van der Waals surface area contributed by atoms with E-state index in [0.29, 0.717) is 0 Å². The van der Waals surface area contributed by atoms with Crippen molar-refractivity contribution in [2.24, 2.45) is 0 Å². The molecule has 0 aliphatic carbocycles. The largest absolute Gasteiger partial charge is 0.427 e. The summed E-state index contributed by atoms with van der Waals surface area (Å²) in [5.41, 5.74) is -0.758. The van der Waals surface area contributed by atoms with Gasteiger partial charge in [-0.3, -0.25) is 0 Å². The van der Waals surface area contributed by atoms with Gasteiger partial charge >= 0.3 is 18.3 Å². The smallest absolute Gasteiger partial charge is 0.395 e. The summed E-state index contributed by atoms with van der Waals surface area (Å²) in [6.07, 6.45) is -19.1. The van der Waals surface area contributed by atoms with Crippen molar-refractivity contribution in [1.82, 2.24) is 0 Å². The van der Waals surface area contributed by atoms with Crippen molar-refractivity contribution in [2.75, 3.05) is 0 Å². The normalized spacial score (nSPS) is 16.8. The molecule has 2 nitrogen and oxygen atoms in total. The van der Waals surface area contributed by atoms with Crippen LogP contribution < -0.4 is 0 Å². The molecule has 0 bridgehead atoms. The molecule has 118 valence electrons. The van der Waals surface area contributed by atoms with Gasteiger partial charge in [0.05, 0.1) is 6.42 Å². The van der Waals surface area contributed by atoms with Gasteiger partial charge < -0.3 is 4.74 Å². The van der Waals surface area contributed by atoms with Gasteiger partial charge in [-0.05, 0) is 13.0 Å². The Hall–Kier alpha value is -1.35. The van der Waals surface area contributed by atoms with Crippen LogP contribution in [0.1, 0.15) is 19.8 Å². The highest BCUT2D eigenvalue weighted by Crippen LogP contribution is 2.25. The van der Waals surface area contributed by atoms with Crippen LogP contribution in [0.5, 0.6) is 0 Å². The quantitative estimate of drug-likeness (QED) is 0.435. The second-order valence-electron chi connectivity index (χ2n) is 3.82. The molecule has 0 radical (unpaired) electrons. The number of alkyl halides is 8. The third-order valence-electron chi connectivity index (χ3n) is 1.81. The number of ether oxygens (including phenoxy) is 1. The van der Waals surface area contributed by atoms with Gasteiger partial charge in [-0.2, -0.15) is 26.3 Å². The van der Waals surface area contributed by atoms with E-state index in [1.54, 1.807) is 0 Å². The van der Waals surface area contributed by atoms with Crippen molar-refractivity contribution in [3.63, 3.8) is 0 Å². The standard InChI is InChI=1S/C10H10F8O2/c1-5(2-6(11)3-9(13,14)15)8(19)20-7(12)4-10(16,17)18/h2,6-7H,3-4H2,1H3. The van der Waals surface area contributed by atoms with E-state index in [2.05, 4.69) is 4.74 Å². The van der Waals surface area contributed by atoms with Crippen molar-refractivity contribution in [1.29, 1.82) is 0 Å². The number of carbonyl (C=O) groups is 1. The van der Waals surface area contributed by atoms with Crippen molar-refractivity contribution in [3.05, 3.63) is 11.6 Å². The zero-order valence-corrected chi connectivity index (χ0v) is 9.99. The Labute approximate surface area is 108 Å². The van der Waals surface area contributed by atoms with Gasteiger partial charge in [0.2, 0.25) is 0 Å². The van der Waals surface area contributed by atoms with E-state index >= 15 is 0 Å². The summed E-state index contributed by atoms with van der Waals surface area (Å²) in [4.78, 5) is 11.0. The van der Waals surface area contributed by atoms with Crippen LogP contribution in [-0.4, -0.2) is 30.9 Å². The molecule has 10 heteroatoms. The maximum Gasteiger partial charge on any atom is 0.395 e. The van der Waals surface area contributed by atoms with Crippen LogP contribution in [0, 0.1) is 0 Å². The Kier molecular flexibility index (Phi) is 6.42. The predicted octanol–water partition coefficient (Wildman–Crippen LogP) is 4.01. The Balaban J connectivity index is 4.47. The summed E-state index contributed by atoms with van der Waals surface area (Å²) < 4.78 is 99.7. The third-order valence-corrected chi connectivity index (χ3v) is 1.81. The summed E-state index contributed by atoms with van der Waals surface area (Å²) in [5, 5.41) is 0. The predicted molar refractivity (Wildman–Crippen MR) is 51.0 cm³/mol. The number of carbonyl (C=O) groups excluding carboxylic acids is 1. The molecule has 0 rings (SSSR count). The first-order valence-electron chi connectivity index (χ1n) is 5.11. The number of halogens is 8. The van der Waals surface area contributed by atoms with Gasteiger partial charge in [0.1, 0.15) is 12.6 Å². The fraction of sp³-hybridized carbons (Fsp3) is 0.700. The average Bonchev–Trinajstić information content (AvgIpc) is 2.10. The number of rotatable bonds is 5. The molecule has 2 unspecified atom stereocenters. The Morgan fingerprint density at radius 1 is 1.05 bits per heavy atom. The first-order chi connectivity index (χ1) is 8.80. The van der Waals surface area contributed by atoms with Crippen LogP contribution >= 0.6 is 0 Å². The molecular weight excluding hydrogens is 304 g/mol. The van der Waals surface area contributed by atoms with Gasteiger partial charge in [0, 0.05) is 5.57 Å². The summed E-state index contributed by atoms with van der Waals surface area (Å²) in [6.45, 7) is 0.797. The lowest BCUT2D eigenvalue weighted by molar-refractivity contribution is -0.188. The highest BCUT2D eigenvalue weighted by molar-refractivity contribution is 5.87. The fourth-order valence-electron chi connectivity index (χ4n) is 1.05. The molecule has 20 heavy (non-hydrogen) atoms. The van der Waals surface area contributed by atoms with Gasteiger partial charge in [-0.25, -0.2) is 13.6 Å². The first kappa shape index (κ1) is 18.7. The molecule has 0 saturated carbocycles. The molecule has 0 fully saturated rings. The summed E-state index contributed by atoms with van der Waals surface area (Å²) in [7, 11) is 0. The van der Waals surface area contributed by atoms with Crippen LogP contribution in [0.15, 0.2) is 11.6 Å². The van der Waals surface area contributed by atoms with Gasteiger partial charge in [-0.1, -0.05) is 0 Å². The maximum absolute atomic E-state index is 12.8. The monoisotopic (exact) mass is 314 g/mol. The number of hydrogen-bond donors (Lipinski definition) is 0. The van der Waals surface area contributed by atoms with Crippen LogP contribution in [0.25, 0.3) is 0 Å². The molecule has 0 saturated heterocycles. The molecule has 0 aliphatic heterocycles. The zero-order valence-electron chi connectivity index (χ0n) is 9.99. The molecule has 0 aliphatic rings. The van der Waals surface area contributed by atoms with E-state index in [4.69, 9.17) is 0 Å². The van der Waals surface area contributed by atoms with Gasteiger partial charge in [0.25, 0.3) is 6.36 Å². The summed E-state index contributed by atoms with van der Waals surface area (Å²) >= 11 is 0. The van der Waals surface area contributed by atoms with Crippen LogP contribution in [-0.2, 0) is 9.53 Å². The zero-order chi connectivity index (χ0) is 16.1. The van der Waals surface area contributed by atoms with E-state index in [-0.39, 0.29) is 6.08 Å². The molecule has 0 amide bonds. The molecule has 0 spiro atoms. The SMILES string of the molecule is CC(=CC(F)CC(F)(F)F)C(=O)OC(F)CC(F)(F)F. The Morgan fingerprint density at radius 3 is 1.90 bits per heavy atom. The molecule has 0 heterocycles. The number of hydrogen-bond acceptors (Lipinski definition) is 2. The minimum absolute atomic E-state index is 0.204. The highest BCUT2D eigenvalue weighted by Gasteiger charge is 2.34. The minimum atomic E-state index is -4.92. The molecule has 0 N–H and O–H groups in total. The Bertz CT molecular complexity index is 357. The summed E-state index contributed by atoms with van der Waals surface area (Å²) in [6, 6.07) is 0. The lowest BCUT2D eigenvalue weighted by Crippen LogP contribution is -2.22. The molecule has 2 atom stereocenters. The van der Waals surface area contributed by atoms with Crippen LogP contribution in [0.4, 0.5) is 35.1 Å². The Morgan fingerprint density at radius 2 is 1.50 bits per heavy atom. The van der Waals surface area contributed by atoms with Crippen LogP contribution in [0.2, 0.25) is 0 Å². The molecule has 0 aromatic heterocycles. The number of esters is 1. The van der Waals surface area contributed by atoms with Crippen molar-refractivity contribution >= 4 is 5.97 Å². The highest BCUT2D eigenvalue weighted by atomic mass is 19.4. The molecule has 0 aromatic carbocycles. The third kappa shape index (κ3) is 9.56. The van der Waals surface area contributed by atoms with Gasteiger partial charge in [-0.15, -0.1) is 0 Å². The summed E-state index contributed by atoms with van der Waals surface area (Å²) in [5.74, 6) is -1.66. The van der Waals surface area contributed by atoms with Crippen molar-refractivity contribution in [2.45, 2.75) is 44.6 Å². The topological polar surface area (TPSA) is 26.3 Å². The average molecular weight is 314 g/mol. The van der Waals surface area contributed by atoms with E-state index in [1.165, 1.54) is 0 Å². The van der Waals surface area contributed by atoms with Crippen LogP contribution in [0.3, 0.4) is 0 Å². The molecular formula is C10H10F8O2.